The van der Waals surface area contributed by atoms with Crippen molar-refractivity contribution in [2.45, 2.75) is 51.1 Å². The molecule has 0 bridgehead atoms. The quantitative estimate of drug-likeness (QED) is 0.721. The first-order chi connectivity index (χ1) is 16.3. The van der Waals surface area contributed by atoms with Gasteiger partial charge in [0.2, 0.25) is 5.88 Å². The zero-order chi connectivity index (χ0) is 24.2. The summed E-state index contributed by atoms with van der Waals surface area (Å²) in [6.07, 6.45) is 3.33. The molecule has 9 nitrogen and oxygen atoms in total. The monoisotopic (exact) mass is 466 g/mol. The Morgan fingerprint density at radius 1 is 1.06 bits per heavy atom. The molecule has 0 radical (unpaired) electrons. The number of nitrogens with one attached hydrogen (secondary N) is 2. The number of nitrogens with zero attached hydrogens (tertiary/aromatic N) is 4. The van der Waals surface area contributed by atoms with Crippen molar-refractivity contribution in [1.29, 1.82) is 0 Å². The molecule has 2 aliphatic heterocycles. The van der Waals surface area contributed by atoms with E-state index in [0.29, 0.717) is 31.7 Å². The van der Waals surface area contributed by atoms with Crippen LogP contribution in [0.3, 0.4) is 0 Å². The standard InChI is InChI=1S/C25H34N6O3/c1-24(2,3)19-10-8-11-21(28-19)34-23(33)31-16-7-5-12-25(31,20-9-4-6-13-27-20)29-22(32)30-17-14-26-15-18-30/h4,6,8-11,13,26H,5,7,12,14-18H2,1-3H3,(H,29,32). The third kappa shape index (κ3) is 5.14. The molecule has 3 amide bonds. The maximum Gasteiger partial charge on any atom is 0.418 e. The first-order valence-corrected chi connectivity index (χ1v) is 12.0. The molecule has 2 saturated heterocycles. The number of ether oxygens (including phenoxy) is 1. The van der Waals surface area contributed by atoms with Gasteiger partial charge in [0, 0.05) is 56.1 Å². The molecule has 0 spiro atoms. The fourth-order valence-corrected chi connectivity index (χ4v) is 4.45. The van der Waals surface area contributed by atoms with E-state index in [2.05, 4.69) is 41.4 Å². The molecule has 2 N–H and O–H groups in total. The summed E-state index contributed by atoms with van der Waals surface area (Å²) in [6, 6.07) is 10.8. The Kier molecular flexibility index (Phi) is 7.02. The number of amides is 3. The van der Waals surface area contributed by atoms with Crippen LogP contribution >= 0.6 is 0 Å². The fourth-order valence-electron chi connectivity index (χ4n) is 4.45. The van der Waals surface area contributed by atoms with Gasteiger partial charge in [-0.1, -0.05) is 32.9 Å². The Hall–Kier alpha value is -3.20. The maximum absolute atomic E-state index is 13.5. The Labute approximate surface area is 200 Å². The molecule has 4 heterocycles. The van der Waals surface area contributed by atoms with Crippen LogP contribution in [0.4, 0.5) is 9.59 Å². The number of pyridine rings is 2. The fraction of sp³-hybridized carbons (Fsp3) is 0.520. The molecular formula is C25H34N6O3. The second kappa shape index (κ2) is 9.97. The Morgan fingerprint density at radius 3 is 2.56 bits per heavy atom. The second-order valence-corrected chi connectivity index (χ2v) is 9.83. The van der Waals surface area contributed by atoms with E-state index in [1.54, 1.807) is 22.1 Å². The van der Waals surface area contributed by atoms with E-state index in [1.807, 2.05) is 30.3 Å². The summed E-state index contributed by atoms with van der Waals surface area (Å²) in [5.74, 6) is 0.242. The van der Waals surface area contributed by atoms with Crippen LogP contribution < -0.4 is 15.4 Å². The smallest absolute Gasteiger partial charge is 0.391 e. The largest absolute Gasteiger partial charge is 0.418 e. The number of hydrogen-bond donors (Lipinski definition) is 2. The molecule has 1 unspecified atom stereocenters. The van der Waals surface area contributed by atoms with E-state index < -0.39 is 11.8 Å². The molecule has 2 aromatic heterocycles. The molecule has 1 atom stereocenters. The van der Waals surface area contributed by atoms with Gasteiger partial charge in [-0.2, -0.15) is 0 Å². The molecule has 182 valence electrons. The van der Waals surface area contributed by atoms with E-state index >= 15 is 0 Å². The predicted octanol–water partition coefficient (Wildman–Crippen LogP) is 3.23. The SMILES string of the molecule is CC(C)(C)c1cccc(OC(=O)N2CCCCC2(NC(=O)N2CCNCC2)c2ccccn2)n1. The van der Waals surface area contributed by atoms with Gasteiger partial charge in [-0.05, 0) is 37.5 Å². The average molecular weight is 467 g/mol. The minimum absolute atomic E-state index is 0.178. The summed E-state index contributed by atoms with van der Waals surface area (Å²) in [4.78, 5) is 39.3. The van der Waals surface area contributed by atoms with Gasteiger partial charge in [0.1, 0.15) is 0 Å². The molecule has 2 aromatic rings. The lowest BCUT2D eigenvalue weighted by atomic mass is 9.91. The van der Waals surface area contributed by atoms with Gasteiger partial charge in [-0.25, -0.2) is 14.6 Å². The Morgan fingerprint density at radius 2 is 1.85 bits per heavy atom. The summed E-state index contributed by atoms with van der Waals surface area (Å²) < 4.78 is 5.77. The number of piperazine rings is 1. The van der Waals surface area contributed by atoms with E-state index in [1.165, 1.54) is 0 Å². The minimum atomic E-state index is -1.10. The van der Waals surface area contributed by atoms with Crippen LogP contribution in [0.1, 0.15) is 51.4 Å². The van der Waals surface area contributed by atoms with Gasteiger partial charge in [-0.15, -0.1) is 0 Å². The van der Waals surface area contributed by atoms with Crippen molar-refractivity contribution in [1.82, 2.24) is 30.4 Å². The molecule has 34 heavy (non-hydrogen) atoms. The summed E-state index contributed by atoms with van der Waals surface area (Å²) in [5, 5.41) is 6.43. The van der Waals surface area contributed by atoms with Gasteiger partial charge < -0.3 is 20.3 Å². The molecule has 4 rings (SSSR count). The second-order valence-electron chi connectivity index (χ2n) is 9.83. The van der Waals surface area contributed by atoms with Crippen molar-refractivity contribution in [3.8, 4) is 5.88 Å². The number of carbonyl (C=O) groups excluding carboxylic acids is 2. The van der Waals surface area contributed by atoms with E-state index in [0.717, 1.165) is 31.6 Å². The van der Waals surface area contributed by atoms with E-state index in [9.17, 15) is 9.59 Å². The van der Waals surface area contributed by atoms with Gasteiger partial charge in [0.15, 0.2) is 5.66 Å². The van der Waals surface area contributed by atoms with Gasteiger partial charge in [0.05, 0.1) is 5.69 Å². The van der Waals surface area contributed by atoms with Gasteiger partial charge in [-0.3, -0.25) is 9.88 Å². The predicted molar refractivity (Wildman–Crippen MR) is 128 cm³/mol. The summed E-state index contributed by atoms with van der Waals surface area (Å²) in [7, 11) is 0. The van der Waals surface area contributed by atoms with Crippen LogP contribution in [0, 0.1) is 0 Å². The lowest BCUT2D eigenvalue weighted by molar-refractivity contribution is 0.0248. The van der Waals surface area contributed by atoms with Crippen molar-refractivity contribution < 1.29 is 14.3 Å². The van der Waals surface area contributed by atoms with Gasteiger partial charge in [0.25, 0.3) is 0 Å². The van der Waals surface area contributed by atoms with Crippen LogP contribution in [0.5, 0.6) is 5.88 Å². The van der Waals surface area contributed by atoms with Crippen LogP contribution in [0.25, 0.3) is 0 Å². The highest BCUT2D eigenvalue weighted by atomic mass is 16.6. The van der Waals surface area contributed by atoms with E-state index in [4.69, 9.17) is 4.74 Å². The highest BCUT2D eigenvalue weighted by molar-refractivity contribution is 5.78. The Bertz CT molecular complexity index is 1000. The molecule has 9 heteroatoms. The van der Waals surface area contributed by atoms with Crippen LogP contribution in [0.15, 0.2) is 42.6 Å². The summed E-state index contributed by atoms with van der Waals surface area (Å²) >= 11 is 0. The lowest BCUT2D eigenvalue weighted by Gasteiger charge is -2.47. The number of likely N-dealkylation sites (tertiary alicyclic amines) is 1. The van der Waals surface area contributed by atoms with Crippen molar-refractivity contribution in [3.63, 3.8) is 0 Å². The first kappa shape index (κ1) is 23.9. The number of aromatic nitrogens is 2. The highest BCUT2D eigenvalue weighted by Crippen LogP contribution is 2.35. The van der Waals surface area contributed by atoms with Crippen molar-refractivity contribution in [2.24, 2.45) is 0 Å². The zero-order valence-electron chi connectivity index (χ0n) is 20.2. The minimum Gasteiger partial charge on any atom is -0.391 e. The number of rotatable bonds is 3. The van der Waals surface area contributed by atoms with Gasteiger partial charge >= 0.3 is 12.1 Å². The molecule has 2 fully saturated rings. The van der Waals surface area contributed by atoms with Crippen molar-refractivity contribution in [2.75, 3.05) is 32.7 Å². The molecule has 0 aliphatic carbocycles. The summed E-state index contributed by atoms with van der Waals surface area (Å²) in [6.45, 7) is 9.32. The van der Waals surface area contributed by atoms with Crippen LogP contribution in [-0.2, 0) is 11.1 Å². The summed E-state index contributed by atoms with van der Waals surface area (Å²) in [5.41, 5.74) is 0.175. The normalized spacial score (nSPS) is 21.1. The third-order valence-corrected chi connectivity index (χ3v) is 6.34. The van der Waals surface area contributed by atoms with Crippen molar-refractivity contribution in [3.05, 3.63) is 54.0 Å². The van der Waals surface area contributed by atoms with Crippen molar-refractivity contribution >= 4 is 12.1 Å². The number of hydrogen-bond acceptors (Lipinski definition) is 6. The molecule has 0 aromatic carbocycles. The topological polar surface area (TPSA) is 99.7 Å². The first-order valence-electron chi connectivity index (χ1n) is 12.0. The molecule has 2 aliphatic rings. The Balaban J connectivity index is 1.64. The number of piperidine rings is 1. The van der Waals surface area contributed by atoms with Crippen LogP contribution in [-0.4, -0.2) is 64.6 Å². The maximum atomic E-state index is 13.5. The highest BCUT2D eigenvalue weighted by Gasteiger charge is 2.47. The molecular weight excluding hydrogens is 432 g/mol. The lowest BCUT2D eigenvalue weighted by Crippen LogP contribution is -2.65. The average Bonchev–Trinajstić information content (AvgIpc) is 2.85. The van der Waals surface area contributed by atoms with E-state index in [-0.39, 0.29) is 17.3 Å². The molecule has 0 saturated carbocycles. The zero-order valence-corrected chi connectivity index (χ0v) is 20.2. The third-order valence-electron chi connectivity index (χ3n) is 6.34. The van der Waals surface area contributed by atoms with Crippen LogP contribution in [0.2, 0.25) is 0 Å². The number of urea groups is 1. The number of carbonyl (C=O) groups is 2.